The van der Waals surface area contributed by atoms with E-state index in [1.54, 1.807) is 6.20 Å². The summed E-state index contributed by atoms with van der Waals surface area (Å²) in [6.07, 6.45) is 8.55. The van der Waals surface area contributed by atoms with Crippen molar-refractivity contribution < 1.29 is 4.79 Å². The van der Waals surface area contributed by atoms with Crippen molar-refractivity contribution in [2.45, 2.75) is 32.2 Å². The second-order valence-electron chi connectivity index (χ2n) is 5.10. The summed E-state index contributed by atoms with van der Waals surface area (Å²) in [6.45, 7) is 1.99. The lowest BCUT2D eigenvalue weighted by Crippen LogP contribution is -2.26. The minimum Gasteiger partial charge on any atom is -0.357 e. The van der Waals surface area contributed by atoms with E-state index in [1.165, 1.54) is 0 Å². The summed E-state index contributed by atoms with van der Waals surface area (Å²) >= 11 is 0. The fraction of sp³-hybridized carbons (Fsp3) is 0.333. The normalized spacial score (nSPS) is 14.4. The van der Waals surface area contributed by atoms with Gasteiger partial charge in [0.1, 0.15) is 5.69 Å². The van der Waals surface area contributed by atoms with Crippen LogP contribution < -0.4 is 5.32 Å². The number of nitrogens with zero attached hydrogens (tertiary/aromatic N) is 1. The maximum atomic E-state index is 12.0. The number of aromatic amines is 1. The van der Waals surface area contributed by atoms with E-state index in [1.807, 2.05) is 31.5 Å². The SMILES string of the molecule is Cc1c(Cc2cccnc2)c[nH]c1C(=O)NC1CC1. The number of rotatable bonds is 4. The zero-order valence-corrected chi connectivity index (χ0v) is 10.9. The lowest BCUT2D eigenvalue weighted by molar-refractivity contribution is 0.0946. The smallest absolute Gasteiger partial charge is 0.268 e. The van der Waals surface area contributed by atoms with Gasteiger partial charge in [-0.25, -0.2) is 0 Å². The van der Waals surface area contributed by atoms with Crippen molar-refractivity contribution in [3.63, 3.8) is 0 Å². The molecule has 0 unspecified atom stereocenters. The van der Waals surface area contributed by atoms with Crippen molar-refractivity contribution in [2.24, 2.45) is 0 Å². The Hall–Kier alpha value is -2.10. The van der Waals surface area contributed by atoms with Gasteiger partial charge in [-0.05, 0) is 42.5 Å². The Kier molecular flexibility index (Phi) is 3.07. The molecule has 0 spiro atoms. The first-order chi connectivity index (χ1) is 9.24. The molecule has 4 heteroatoms. The van der Waals surface area contributed by atoms with Crippen LogP contribution in [0.4, 0.5) is 0 Å². The number of amides is 1. The average Bonchev–Trinajstić information content (AvgIpc) is 3.15. The second-order valence-corrected chi connectivity index (χ2v) is 5.10. The summed E-state index contributed by atoms with van der Waals surface area (Å²) in [7, 11) is 0. The van der Waals surface area contributed by atoms with Crippen molar-refractivity contribution >= 4 is 5.91 Å². The second kappa shape index (κ2) is 4.88. The lowest BCUT2D eigenvalue weighted by atomic mass is 10.0. The molecular weight excluding hydrogens is 238 g/mol. The minimum absolute atomic E-state index is 0.0115. The highest BCUT2D eigenvalue weighted by Crippen LogP contribution is 2.21. The van der Waals surface area contributed by atoms with Crippen LogP contribution in [0, 0.1) is 6.92 Å². The molecule has 2 aromatic rings. The number of hydrogen-bond donors (Lipinski definition) is 2. The molecule has 3 rings (SSSR count). The van der Waals surface area contributed by atoms with Gasteiger partial charge in [0.05, 0.1) is 0 Å². The monoisotopic (exact) mass is 255 g/mol. The molecular formula is C15H17N3O. The van der Waals surface area contributed by atoms with Gasteiger partial charge in [-0.15, -0.1) is 0 Å². The van der Waals surface area contributed by atoms with Gasteiger partial charge >= 0.3 is 0 Å². The van der Waals surface area contributed by atoms with Gasteiger partial charge in [-0.2, -0.15) is 0 Å². The molecule has 1 saturated carbocycles. The summed E-state index contributed by atoms with van der Waals surface area (Å²) in [5.74, 6) is 0.0115. The largest absolute Gasteiger partial charge is 0.357 e. The van der Waals surface area contributed by atoms with Crippen molar-refractivity contribution in [1.82, 2.24) is 15.3 Å². The Morgan fingerprint density at radius 3 is 3.05 bits per heavy atom. The van der Waals surface area contributed by atoms with E-state index in [2.05, 4.69) is 15.3 Å². The molecule has 0 bridgehead atoms. The Bertz CT molecular complexity index is 585. The molecule has 1 amide bonds. The van der Waals surface area contributed by atoms with E-state index in [9.17, 15) is 4.79 Å². The van der Waals surface area contributed by atoms with Crippen LogP contribution in [0.15, 0.2) is 30.7 Å². The fourth-order valence-corrected chi connectivity index (χ4v) is 2.16. The average molecular weight is 255 g/mol. The summed E-state index contributed by atoms with van der Waals surface area (Å²) in [5, 5.41) is 3.01. The molecule has 0 aromatic carbocycles. The van der Waals surface area contributed by atoms with Crippen LogP contribution in [0.1, 0.15) is 40.0 Å². The predicted molar refractivity (Wildman–Crippen MR) is 73.1 cm³/mol. The third-order valence-corrected chi connectivity index (χ3v) is 3.50. The number of carbonyl (C=O) groups excluding carboxylic acids is 1. The van der Waals surface area contributed by atoms with Crippen LogP contribution in [0.2, 0.25) is 0 Å². The highest BCUT2D eigenvalue weighted by atomic mass is 16.2. The molecule has 4 nitrogen and oxygen atoms in total. The van der Waals surface area contributed by atoms with E-state index >= 15 is 0 Å². The highest BCUT2D eigenvalue weighted by molar-refractivity contribution is 5.94. The van der Waals surface area contributed by atoms with Crippen LogP contribution in [-0.2, 0) is 6.42 Å². The van der Waals surface area contributed by atoms with E-state index < -0.39 is 0 Å². The molecule has 2 aromatic heterocycles. The maximum Gasteiger partial charge on any atom is 0.268 e. The third-order valence-electron chi connectivity index (χ3n) is 3.50. The van der Waals surface area contributed by atoms with Crippen LogP contribution in [-0.4, -0.2) is 21.9 Å². The molecule has 0 aliphatic heterocycles. The first-order valence-corrected chi connectivity index (χ1v) is 6.60. The standard InChI is InChI=1S/C15H17N3O/c1-10-12(7-11-3-2-6-16-8-11)9-17-14(10)15(19)18-13-4-5-13/h2-3,6,8-9,13,17H,4-5,7H2,1H3,(H,18,19). The number of carbonyl (C=O) groups is 1. The lowest BCUT2D eigenvalue weighted by Gasteiger charge is -2.03. The van der Waals surface area contributed by atoms with Crippen molar-refractivity contribution in [3.8, 4) is 0 Å². The van der Waals surface area contributed by atoms with Gasteiger partial charge in [-0.1, -0.05) is 6.07 Å². The van der Waals surface area contributed by atoms with Gasteiger partial charge in [0, 0.05) is 31.1 Å². The molecule has 19 heavy (non-hydrogen) atoms. The number of aromatic nitrogens is 2. The predicted octanol–water partition coefficient (Wildman–Crippen LogP) is 2.20. The first-order valence-electron chi connectivity index (χ1n) is 6.60. The van der Waals surface area contributed by atoms with Crippen LogP contribution in [0.3, 0.4) is 0 Å². The van der Waals surface area contributed by atoms with E-state index in [-0.39, 0.29) is 5.91 Å². The van der Waals surface area contributed by atoms with Crippen molar-refractivity contribution in [2.75, 3.05) is 0 Å². The van der Waals surface area contributed by atoms with Crippen LogP contribution >= 0.6 is 0 Å². The molecule has 2 N–H and O–H groups in total. The zero-order chi connectivity index (χ0) is 13.2. The molecule has 98 valence electrons. The number of hydrogen-bond acceptors (Lipinski definition) is 2. The van der Waals surface area contributed by atoms with Crippen LogP contribution in [0.25, 0.3) is 0 Å². The summed E-state index contributed by atoms with van der Waals surface area (Å²) < 4.78 is 0. The number of H-pyrrole nitrogens is 1. The summed E-state index contributed by atoms with van der Waals surface area (Å²) in [4.78, 5) is 19.2. The minimum atomic E-state index is 0.0115. The summed E-state index contributed by atoms with van der Waals surface area (Å²) in [5.41, 5.74) is 4.01. The van der Waals surface area contributed by atoms with Gasteiger partial charge in [0.2, 0.25) is 0 Å². The van der Waals surface area contributed by atoms with Crippen molar-refractivity contribution in [3.05, 3.63) is 53.1 Å². The molecule has 0 saturated heterocycles. The number of nitrogens with one attached hydrogen (secondary N) is 2. The van der Waals surface area contributed by atoms with Gasteiger partial charge in [0.25, 0.3) is 5.91 Å². The first kappa shape index (κ1) is 12.0. The molecule has 1 aliphatic carbocycles. The Balaban J connectivity index is 1.76. The van der Waals surface area contributed by atoms with Gasteiger partial charge < -0.3 is 10.3 Å². The Morgan fingerprint density at radius 2 is 2.37 bits per heavy atom. The van der Waals surface area contributed by atoms with Gasteiger partial charge in [0.15, 0.2) is 0 Å². The quantitative estimate of drug-likeness (QED) is 0.880. The maximum absolute atomic E-state index is 12.0. The topological polar surface area (TPSA) is 57.8 Å². The highest BCUT2D eigenvalue weighted by Gasteiger charge is 2.25. The molecule has 1 fully saturated rings. The third kappa shape index (κ3) is 2.67. The zero-order valence-electron chi connectivity index (χ0n) is 10.9. The van der Waals surface area contributed by atoms with E-state index in [0.29, 0.717) is 11.7 Å². The van der Waals surface area contributed by atoms with Crippen molar-refractivity contribution in [1.29, 1.82) is 0 Å². The Morgan fingerprint density at radius 1 is 1.53 bits per heavy atom. The van der Waals surface area contributed by atoms with Gasteiger partial charge in [-0.3, -0.25) is 9.78 Å². The number of pyridine rings is 1. The van der Waals surface area contributed by atoms with E-state index in [4.69, 9.17) is 0 Å². The molecule has 1 aliphatic rings. The molecule has 0 radical (unpaired) electrons. The molecule has 0 atom stereocenters. The summed E-state index contributed by atoms with van der Waals surface area (Å²) in [6, 6.07) is 4.36. The van der Waals surface area contributed by atoms with Crippen LogP contribution in [0.5, 0.6) is 0 Å². The Labute approximate surface area is 112 Å². The molecule has 2 heterocycles. The van der Waals surface area contributed by atoms with E-state index in [0.717, 1.165) is 36.0 Å². The fourth-order valence-electron chi connectivity index (χ4n) is 2.16.